The van der Waals surface area contributed by atoms with E-state index in [4.69, 9.17) is 4.74 Å². The van der Waals surface area contributed by atoms with Crippen LogP contribution < -0.4 is 5.32 Å². The Hall–Kier alpha value is -1.06. The van der Waals surface area contributed by atoms with E-state index in [1.54, 1.807) is 20.8 Å². The number of Topliss-reactive ketones (excluding diaryl/α,β-unsaturated/α-hetero) is 1. The van der Waals surface area contributed by atoms with Crippen LogP contribution in [0.4, 0.5) is 4.79 Å². The van der Waals surface area contributed by atoms with Crippen molar-refractivity contribution in [2.75, 3.05) is 0 Å². The largest absolute Gasteiger partial charge is 0.444 e. The average molecular weight is 257 g/mol. The standard InChI is InChI=1S/C14H27NO3/c1-7-8-12(16)11(9-10(2)3)15-13(17)18-14(4,5)6/h10-11H,7-9H2,1-6H3,(H,15,17)/t11-/m0/s1. The van der Waals surface area contributed by atoms with Crippen LogP contribution in [0.5, 0.6) is 0 Å². The predicted octanol–water partition coefficient (Wildman–Crippen LogP) is 3.30. The molecule has 0 saturated heterocycles. The van der Waals surface area contributed by atoms with E-state index in [2.05, 4.69) is 5.32 Å². The fraction of sp³-hybridized carbons (Fsp3) is 0.857. The van der Waals surface area contributed by atoms with Gasteiger partial charge >= 0.3 is 6.09 Å². The first-order valence-corrected chi connectivity index (χ1v) is 6.68. The van der Waals surface area contributed by atoms with Crippen molar-refractivity contribution in [1.82, 2.24) is 5.32 Å². The number of ether oxygens (including phenoxy) is 1. The van der Waals surface area contributed by atoms with Crippen LogP contribution in [0, 0.1) is 5.92 Å². The van der Waals surface area contributed by atoms with Gasteiger partial charge in [0.2, 0.25) is 0 Å². The number of carbonyl (C=O) groups excluding carboxylic acids is 2. The maximum absolute atomic E-state index is 11.9. The number of ketones is 1. The molecule has 4 heteroatoms. The number of rotatable bonds is 6. The van der Waals surface area contributed by atoms with E-state index in [0.717, 1.165) is 6.42 Å². The van der Waals surface area contributed by atoms with Crippen molar-refractivity contribution in [3.05, 3.63) is 0 Å². The number of hydrogen-bond donors (Lipinski definition) is 1. The van der Waals surface area contributed by atoms with Crippen LogP contribution in [0.2, 0.25) is 0 Å². The summed E-state index contributed by atoms with van der Waals surface area (Å²) in [5.41, 5.74) is -0.541. The third-order valence-corrected chi connectivity index (χ3v) is 2.28. The van der Waals surface area contributed by atoms with E-state index in [1.165, 1.54) is 0 Å². The summed E-state index contributed by atoms with van der Waals surface area (Å²) in [6, 6.07) is -0.431. The monoisotopic (exact) mass is 257 g/mol. The molecule has 0 saturated carbocycles. The summed E-state index contributed by atoms with van der Waals surface area (Å²) in [6.07, 6.45) is 1.42. The van der Waals surface area contributed by atoms with Crippen LogP contribution in [0.3, 0.4) is 0 Å². The maximum Gasteiger partial charge on any atom is 0.408 e. The quantitative estimate of drug-likeness (QED) is 0.794. The molecular formula is C14H27NO3. The van der Waals surface area contributed by atoms with Crippen LogP contribution in [0.1, 0.15) is 60.8 Å². The molecule has 0 heterocycles. The summed E-state index contributed by atoms with van der Waals surface area (Å²) >= 11 is 0. The van der Waals surface area contributed by atoms with Gasteiger partial charge in [-0.1, -0.05) is 20.8 Å². The van der Waals surface area contributed by atoms with E-state index >= 15 is 0 Å². The molecule has 0 fully saturated rings. The SMILES string of the molecule is CCCC(=O)[C@H](CC(C)C)NC(=O)OC(C)(C)C. The van der Waals surface area contributed by atoms with E-state index in [9.17, 15) is 9.59 Å². The molecule has 1 atom stereocenters. The van der Waals surface area contributed by atoms with Gasteiger partial charge in [-0.3, -0.25) is 4.79 Å². The zero-order valence-electron chi connectivity index (χ0n) is 12.5. The Labute approximate surface area is 110 Å². The van der Waals surface area contributed by atoms with Gasteiger partial charge in [0, 0.05) is 6.42 Å². The molecule has 0 radical (unpaired) electrons. The lowest BCUT2D eigenvalue weighted by molar-refractivity contribution is -0.121. The van der Waals surface area contributed by atoms with Crippen molar-refractivity contribution in [2.24, 2.45) is 5.92 Å². The van der Waals surface area contributed by atoms with Crippen LogP contribution in [-0.4, -0.2) is 23.5 Å². The van der Waals surface area contributed by atoms with Crippen molar-refractivity contribution in [2.45, 2.75) is 72.4 Å². The molecule has 0 aliphatic carbocycles. The van der Waals surface area contributed by atoms with Crippen molar-refractivity contribution in [3.8, 4) is 0 Å². The van der Waals surface area contributed by atoms with Crippen LogP contribution in [0.15, 0.2) is 0 Å². The molecule has 0 aromatic rings. The summed E-state index contributed by atoms with van der Waals surface area (Å²) in [4.78, 5) is 23.6. The Bertz CT molecular complexity index is 279. The van der Waals surface area contributed by atoms with E-state index in [0.29, 0.717) is 18.8 Å². The zero-order chi connectivity index (χ0) is 14.3. The molecule has 0 unspecified atom stereocenters. The Kier molecular flexibility index (Phi) is 6.96. The molecule has 0 aliphatic heterocycles. The molecule has 0 rings (SSSR count). The van der Waals surface area contributed by atoms with Crippen LogP contribution in [0.25, 0.3) is 0 Å². The van der Waals surface area contributed by atoms with Gasteiger partial charge in [-0.05, 0) is 39.5 Å². The molecule has 18 heavy (non-hydrogen) atoms. The van der Waals surface area contributed by atoms with Crippen molar-refractivity contribution >= 4 is 11.9 Å². The Morgan fingerprint density at radius 3 is 2.17 bits per heavy atom. The highest BCUT2D eigenvalue weighted by molar-refractivity contribution is 5.87. The maximum atomic E-state index is 11.9. The van der Waals surface area contributed by atoms with Crippen LogP contribution in [-0.2, 0) is 9.53 Å². The first-order valence-electron chi connectivity index (χ1n) is 6.68. The molecule has 0 bridgehead atoms. The van der Waals surface area contributed by atoms with Gasteiger partial charge in [0.05, 0.1) is 6.04 Å². The number of amides is 1. The van der Waals surface area contributed by atoms with Gasteiger partial charge in [0.25, 0.3) is 0 Å². The molecule has 0 aromatic heterocycles. The number of nitrogens with one attached hydrogen (secondary N) is 1. The highest BCUT2D eigenvalue weighted by atomic mass is 16.6. The van der Waals surface area contributed by atoms with Gasteiger partial charge < -0.3 is 10.1 Å². The smallest absolute Gasteiger partial charge is 0.408 e. The minimum absolute atomic E-state index is 0.0806. The average Bonchev–Trinajstić information content (AvgIpc) is 2.13. The minimum Gasteiger partial charge on any atom is -0.444 e. The number of carbonyl (C=O) groups is 2. The molecule has 0 aliphatic rings. The third-order valence-electron chi connectivity index (χ3n) is 2.28. The molecule has 1 N–H and O–H groups in total. The summed E-state index contributed by atoms with van der Waals surface area (Å²) in [5.74, 6) is 0.433. The molecule has 0 spiro atoms. The normalized spacial score (nSPS) is 13.3. The number of hydrogen-bond acceptors (Lipinski definition) is 3. The minimum atomic E-state index is -0.541. The third kappa shape index (κ3) is 8.09. The van der Waals surface area contributed by atoms with Crippen LogP contribution >= 0.6 is 0 Å². The van der Waals surface area contributed by atoms with Gasteiger partial charge in [-0.2, -0.15) is 0 Å². The Morgan fingerprint density at radius 1 is 1.22 bits per heavy atom. The van der Waals surface area contributed by atoms with E-state index in [1.807, 2.05) is 20.8 Å². The predicted molar refractivity (Wildman–Crippen MR) is 72.5 cm³/mol. The highest BCUT2D eigenvalue weighted by Gasteiger charge is 2.24. The fourth-order valence-electron chi connectivity index (χ4n) is 1.61. The highest BCUT2D eigenvalue weighted by Crippen LogP contribution is 2.11. The van der Waals surface area contributed by atoms with Crippen molar-refractivity contribution in [3.63, 3.8) is 0 Å². The molecular weight excluding hydrogens is 230 g/mol. The second-order valence-corrected chi connectivity index (χ2v) is 6.04. The fourth-order valence-corrected chi connectivity index (χ4v) is 1.61. The lowest BCUT2D eigenvalue weighted by atomic mass is 9.98. The van der Waals surface area contributed by atoms with Gasteiger partial charge in [0.15, 0.2) is 5.78 Å². The topological polar surface area (TPSA) is 55.4 Å². The van der Waals surface area contributed by atoms with Crippen molar-refractivity contribution in [1.29, 1.82) is 0 Å². The first-order chi connectivity index (χ1) is 8.15. The zero-order valence-corrected chi connectivity index (χ0v) is 12.5. The Balaban J connectivity index is 4.49. The lowest BCUT2D eigenvalue weighted by Gasteiger charge is -2.24. The van der Waals surface area contributed by atoms with Crippen molar-refractivity contribution < 1.29 is 14.3 Å². The second kappa shape index (κ2) is 7.39. The van der Waals surface area contributed by atoms with E-state index in [-0.39, 0.29) is 5.78 Å². The molecule has 0 aromatic carbocycles. The van der Waals surface area contributed by atoms with Gasteiger partial charge in [-0.25, -0.2) is 4.79 Å². The van der Waals surface area contributed by atoms with Gasteiger partial charge in [0.1, 0.15) is 5.60 Å². The summed E-state index contributed by atoms with van der Waals surface area (Å²) in [6.45, 7) is 11.4. The summed E-state index contributed by atoms with van der Waals surface area (Å²) < 4.78 is 5.18. The lowest BCUT2D eigenvalue weighted by Crippen LogP contribution is -2.44. The second-order valence-electron chi connectivity index (χ2n) is 6.04. The summed E-state index contributed by atoms with van der Waals surface area (Å²) in [5, 5.41) is 2.68. The molecule has 106 valence electrons. The molecule has 4 nitrogen and oxygen atoms in total. The molecule has 1 amide bonds. The number of alkyl carbamates (subject to hydrolysis) is 1. The summed E-state index contributed by atoms with van der Waals surface area (Å²) in [7, 11) is 0. The van der Waals surface area contributed by atoms with E-state index < -0.39 is 17.7 Å². The Morgan fingerprint density at radius 2 is 1.78 bits per heavy atom. The first kappa shape index (κ1) is 16.9. The van der Waals surface area contributed by atoms with Gasteiger partial charge in [-0.15, -0.1) is 0 Å².